The minimum Gasteiger partial charge on any atom is -0.480 e. The Balaban J connectivity index is 3.34. The number of aryl methyl sites for hydroxylation is 1. The molecule has 0 heterocycles. The maximum atomic E-state index is 11.4. The topological polar surface area (TPSA) is 89.6 Å². The van der Waals surface area contributed by atoms with Gasteiger partial charge in [-0.1, -0.05) is 0 Å². The van der Waals surface area contributed by atoms with Crippen LogP contribution in [0.2, 0.25) is 0 Å². The van der Waals surface area contributed by atoms with Gasteiger partial charge < -0.3 is 15.6 Å². The van der Waals surface area contributed by atoms with Gasteiger partial charge in [-0.25, -0.2) is 4.79 Å². The fourth-order valence-corrected chi connectivity index (χ4v) is 1.58. The van der Waals surface area contributed by atoms with Crippen LogP contribution in [-0.4, -0.2) is 24.2 Å². The Kier molecular flexibility index (Phi) is 3.85. The quantitative estimate of drug-likeness (QED) is 0.770. The molecule has 17 heavy (non-hydrogen) atoms. The standard InChI is InChI=1S/C12H15NO4/c1-6-4-8(12(16)17-3)5-9(7(6)2)10(13)11(14)15/h4-5,10H,13H2,1-3H3,(H,14,15). The van der Waals surface area contributed by atoms with Gasteiger partial charge in [-0.15, -0.1) is 0 Å². The van der Waals surface area contributed by atoms with Crippen molar-refractivity contribution >= 4 is 11.9 Å². The van der Waals surface area contributed by atoms with Crippen LogP contribution in [0.3, 0.4) is 0 Å². The van der Waals surface area contributed by atoms with Crippen molar-refractivity contribution < 1.29 is 19.4 Å². The van der Waals surface area contributed by atoms with E-state index in [2.05, 4.69) is 4.74 Å². The third-order valence-corrected chi connectivity index (χ3v) is 2.73. The Bertz CT molecular complexity index is 468. The maximum Gasteiger partial charge on any atom is 0.337 e. The van der Waals surface area contributed by atoms with Gasteiger partial charge in [0.15, 0.2) is 0 Å². The van der Waals surface area contributed by atoms with Crippen LogP contribution in [0.5, 0.6) is 0 Å². The average molecular weight is 237 g/mol. The highest BCUT2D eigenvalue weighted by Gasteiger charge is 2.20. The molecule has 5 heteroatoms. The van der Waals surface area contributed by atoms with E-state index in [9.17, 15) is 9.59 Å². The minimum absolute atomic E-state index is 0.308. The molecule has 0 aliphatic carbocycles. The summed E-state index contributed by atoms with van der Waals surface area (Å²) in [4.78, 5) is 22.3. The van der Waals surface area contributed by atoms with Crippen LogP contribution in [0.4, 0.5) is 0 Å². The van der Waals surface area contributed by atoms with Crippen LogP contribution >= 0.6 is 0 Å². The van der Waals surface area contributed by atoms with Gasteiger partial charge in [-0.2, -0.15) is 0 Å². The summed E-state index contributed by atoms with van der Waals surface area (Å²) >= 11 is 0. The van der Waals surface area contributed by atoms with Crippen molar-refractivity contribution in [2.75, 3.05) is 7.11 Å². The zero-order valence-corrected chi connectivity index (χ0v) is 9.98. The monoisotopic (exact) mass is 237 g/mol. The van der Waals surface area contributed by atoms with E-state index in [-0.39, 0.29) is 0 Å². The molecule has 0 saturated heterocycles. The summed E-state index contributed by atoms with van der Waals surface area (Å²) in [6.07, 6.45) is 0. The first-order chi connectivity index (χ1) is 7.88. The average Bonchev–Trinajstić information content (AvgIpc) is 2.30. The molecule has 0 saturated carbocycles. The fourth-order valence-electron chi connectivity index (χ4n) is 1.58. The van der Waals surface area contributed by atoms with Crippen molar-refractivity contribution in [1.82, 2.24) is 0 Å². The lowest BCUT2D eigenvalue weighted by Crippen LogP contribution is -2.22. The molecular weight excluding hydrogens is 222 g/mol. The highest BCUT2D eigenvalue weighted by molar-refractivity contribution is 5.90. The van der Waals surface area contributed by atoms with Gasteiger partial charge in [-0.3, -0.25) is 4.79 Å². The molecule has 92 valence electrons. The predicted molar refractivity (Wildman–Crippen MR) is 61.8 cm³/mol. The van der Waals surface area contributed by atoms with Gasteiger partial charge in [0.2, 0.25) is 0 Å². The normalized spacial score (nSPS) is 12.0. The number of ether oxygens (including phenoxy) is 1. The number of carbonyl (C=O) groups excluding carboxylic acids is 1. The van der Waals surface area contributed by atoms with Crippen molar-refractivity contribution in [2.45, 2.75) is 19.9 Å². The summed E-state index contributed by atoms with van der Waals surface area (Å²) in [6, 6.07) is 1.98. The van der Waals surface area contributed by atoms with Crippen LogP contribution in [0.1, 0.15) is 33.1 Å². The van der Waals surface area contributed by atoms with Crippen molar-refractivity contribution in [3.05, 3.63) is 34.4 Å². The molecule has 0 amide bonds. The van der Waals surface area contributed by atoms with E-state index in [0.29, 0.717) is 11.1 Å². The van der Waals surface area contributed by atoms with Crippen LogP contribution in [0, 0.1) is 13.8 Å². The molecule has 1 rings (SSSR count). The second kappa shape index (κ2) is 4.97. The number of aliphatic carboxylic acids is 1. The molecule has 1 aromatic rings. The second-order valence-electron chi connectivity index (χ2n) is 3.81. The molecule has 0 aliphatic rings. The van der Waals surface area contributed by atoms with Gasteiger partial charge >= 0.3 is 11.9 Å². The highest BCUT2D eigenvalue weighted by atomic mass is 16.5. The lowest BCUT2D eigenvalue weighted by Gasteiger charge is -2.14. The summed E-state index contributed by atoms with van der Waals surface area (Å²) in [5, 5.41) is 8.90. The Morgan fingerprint density at radius 2 is 1.94 bits per heavy atom. The smallest absolute Gasteiger partial charge is 0.337 e. The van der Waals surface area contributed by atoms with E-state index in [1.54, 1.807) is 19.9 Å². The molecular formula is C12H15NO4. The zero-order valence-electron chi connectivity index (χ0n) is 9.98. The zero-order chi connectivity index (χ0) is 13.2. The molecule has 0 aromatic heterocycles. The van der Waals surface area contributed by atoms with Gasteiger partial charge in [-0.05, 0) is 42.7 Å². The Labute approximate surface area is 99.2 Å². The molecule has 0 bridgehead atoms. The first-order valence-electron chi connectivity index (χ1n) is 5.06. The summed E-state index contributed by atoms with van der Waals surface area (Å²) in [5.74, 6) is -1.64. The molecule has 1 aromatic carbocycles. The SMILES string of the molecule is COC(=O)c1cc(C)c(C)c(C(N)C(=O)O)c1. The van der Waals surface area contributed by atoms with E-state index >= 15 is 0 Å². The lowest BCUT2D eigenvalue weighted by molar-refractivity contribution is -0.138. The highest BCUT2D eigenvalue weighted by Crippen LogP contribution is 2.22. The minimum atomic E-state index is -1.14. The molecule has 5 nitrogen and oxygen atoms in total. The number of nitrogens with two attached hydrogens (primary N) is 1. The molecule has 0 radical (unpaired) electrons. The summed E-state index contributed by atoms with van der Waals surface area (Å²) < 4.78 is 4.60. The summed E-state index contributed by atoms with van der Waals surface area (Å²) in [7, 11) is 1.27. The first kappa shape index (κ1) is 13.2. The molecule has 1 atom stereocenters. The number of hydrogen-bond acceptors (Lipinski definition) is 4. The van der Waals surface area contributed by atoms with Crippen molar-refractivity contribution in [3.63, 3.8) is 0 Å². The summed E-state index contributed by atoms with van der Waals surface area (Å²) in [6.45, 7) is 3.56. The Morgan fingerprint density at radius 1 is 1.35 bits per heavy atom. The number of esters is 1. The van der Waals surface area contributed by atoms with E-state index in [1.165, 1.54) is 13.2 Å². The fraction of sp³-hybridized carbons (Fsp3) is 0.333. The Hall–Kier alpha value is -1.88. The first-order valence-corrected chi connectivity index (χ1v) is 5.06. The van der Waals surface area contributed by atoms with Crippen molar-refractivity contribution in [1.29, 1.82) is 0 Å². The van der Waals surface area contributed by atoms with Gasteiger partial charge in [0, 0.05) is 0 Å². The predicted octanol–water partition coefficient (Wildman–Crippen LogP) is 1.17. The largest absolute Gasteiger partial charge is 0.480 e. The van der Waals surface area contributed by atoms with Gasteiger partial charge in [0.1, 0.15) is 6.04 Å². The number of carboxylic acid groups (broad SMARTS) is 1. The van der Waals surface area contributed by atoms with E-state index in [4.69, 9.17) is 10.8 Å². The molecule has 0 spiro atoms. The number of rotatable bonds is 3. The third-order valence-electron chi connectivity index (χ3n) is 2.73. The number of hydrogen-bond donors (Lipinski definition) is 2. The molecule has 0 aliphatic heterocycles. The van der Waals surface area contributed by atoms with Crippen molar-refractivity contribution in [3.8, 4) is 0 Å². The molecule has 1 unspecified atom stereocenters. The third kappa shape index (κ3) is 2.62. The number of benzene rings is 1. The van der Waals surface area contributed by atoms with Crippen LogP contribution in [0.15, 0.2) is 12.1 Å². The molecule has 3 N–H and O–H groups in total. The van der Waals surface area contributed by atoms with Gasteiger partial charge in [0.05, 0.1) is 12.7 Å². The second-order valence-corrected chi connectivity index (χ2v) is 3.81. The van der Waals surface area contributed by atoms with Gasteiger partial charge in [0.25, 0.3) is 0 Å². The molecule has 0 fully saturated rings. The van der Waals surface area contributed by atoms with Crippen molar-refractivity contribution in [2.24, 2.45) is 5.73 Å². The van der Waals surface area contributed by atoms with Crippen LogP contribution in [-0.2, 0) is 9.53 Å². The van der Waals surface area contributed by atoms with Crippen LogP contribution < -0.4 is 5.73 Å². The Morgan fingerprint density at radius 3 is 2.41 bits per heavy atom. The number of carboxylic acids is 1. The maximum absolute atomic E-state index is 11.4. The number of carbonyl (C=O) groups is 2. The van der Waals surface area contributed by atoms with E-state index in [0.717, 1.165) is 11.1 Å². The van der Waals surface area contributed by atoms with Crippen LogP contribution in [0.25, 0.3) is 0 Å². The van der Waals surface area contributed by atoms with E-state index in [1.807, 2.05) is 0 Å². The number of methoxy groups -OCH3 is 1. The lowest BCUT2D eigenvalue weighted by atomic mass is 9.95. The summed E-state index contributed by atoms with van der Waals surface area (Å²) in [5.41, 5.74) is 7.88. The van der Waals surface area contributed by atoms with E-state index < -0.39 is 18.0 Å².